The zero-order chi connectivity index (χ0) is 14.7. The normalized spacial score (nSPS) is 12.6. The number of hydrogen-bond acceptors (Lipinski definition) is 4. The molecule has 2 aromatic rings. The Morgan fingerprint density at radius 2 is 2.30 bits per heavy atom. The van der Waals surface area contributed by atoms with Gasteiger partial charge in [-0.3, -0.25) is 10.2 Å². The topological polar surface area (TPSA) is 64.3 Å². The van der Waals surface area contributed by atoms with Gasteiger partial charge in [0.1, 0.15) is 10.7 Å². The van der Waals surface area contributed by atoms with Gasteiger partial charge in [-0.05, 0) is 25.5 Å². The summed E-state index contributed by atoms with van der Waals surface area (Å²) < 4.78 is 20.4. The van der Waals surface area contributed by atoms with Gasteiger partial charge < -0.3 is 4.74 Å². The van der Waals surface area contributed by atoms with Gasteiger partial charge in [0.25, 0.3) is 5.91 Å². The number of rotatable bonds is 5. The number of nitrogens with two attached hydrogens (primary N) is 1. The first-order valence-electron chi connectivity index (χ1n) is 6.40. The smallest absolute Gasteiger partial charge is 0.275 e. The van der Waals surface area contributed by atoms with E-state index in [1.807, 2.05) is 13.8 Å². The fraction of sp³-hybridized carbons (Fsp3) is 0.357. The Balaban J connectivity index is 2.49. The summed E-state index contributed by atoms with van der Waals surface area (Å²) >= 11 is 1.22. The standard InChI is InChI=1S/C14H17FN2O2S/c1-3-8(2)19-7-9-12-10(15)5-4-6-11(12)20-13(9)14(18)17-16/h4-6,8H,3,7,16H2,1-2H3,(H,17,18). The van der Waals surface area contributed by atoms with Gasteiger partial charge in [-0.2, -0.15) is 0 Å². The van der Waals surface area contributed by atoms with Crippen LogP contribution in [0.5, 0.6) is 0 Å². The average molecular weight is 296 g/mol. The van der Waals surface area contributed by atoms with E-state index in [4.69, 9.17) is 10.6 Å². The Labute approximate surface area is 120 Å². The van der Waals surface area contributed by atoms with E-state index >= 15 is 0 Å². The monoisotopic (exact) mass is 296 g/mol. The van der Waals surface area contributed by atoms with Crippen molar-refractivity contribution in [3.05, 3.63) is 34.5 Å². The molecule has 108 valence electrons. The highest BCUT2D eigenvalue weighted by Gasteiger charge is 2.20. The first-order chi connectivity index (χ1) is 9.58. The molecular formula is C14H17FN2O2S. The molecule has 0 radical (unpaired) electrons. The van der Waals surface area contributed by atoms with Crippen molar-refractivity contribution in [3.8, 4) is 0 Å². The summed E-state index contributed by atoms with van der Waals surface area (Å²) in [5, 5.41) is 0.444. The van der Waals surface area contributed by atoms with Crippen molar-refractivity contribution in [1.82, 2.24) is 5.43 Å². The van der Waals surface area contributed by atoms with Crippen molar-refractivity contribution in [2.45, 2.75) is 33.0 Å². The number of nitrogen functional groups attached to an aromatic ring is 1. The van der Waals surface area contributed by atoms with E-state index < -0.39 is 5.91 Å². The molecule has 0 saturated carbocycles. The maximum absolute atomic E-state index is 14.0. The fourth-order valence-electron chi connectivity index (χ4n) is 1.90. The van der Waals surface area contributed by atoms with E-state index in [1.54, 1.807) is 12.1 Å². The van der Waals surface area contributed by atoms with E-state index in [1.165, 1.54) is 17.4 Å². The lowest BCUT2D eigenvalue weighted by atomic mass is 10.1. The molecular weight excluding hydrogens is 279 g/mol. The molecule has 1 heterocycles. The van der Waals surface area contributed by atoms with Crippen LogP contribution < -0.4 is 11.3 Å². The summed E-state index contributed by atoms with van der Waals surface area (Å²) in [5.74, 6) is 4.42. The summed E-state index contributed by atoms with van der Waals surface area (Å²) in [7, 11) is 0. The Kier molecular flexibility index (Phi) is 4.69. The van der Waals surface area contributed by atoms with Crippen molar-refractivity contribution in [2.24, 2.45) is 5.84 Å². The maximum Gasteiger partial charge on any atom is 0.275 e. The van der Waals surface area contributed by atoms with Crippen LogP contribution in [0, 0.1) is 5.82 Å². The number of fused-ring (bicyclic) bond motifs is 1. The van der Waals surface area contributed by atoms with E-state index in [-0.39, 0.29) is 18.5 Å². The van der Waals surface area contributed by atoms with Crippen LogP contribution >= 0.6 is 11.3 Å². The van der Waals surface area contributed by atoms with Crippen LogP contribution in [0.15, 0.2) is 18.2 Å². The molecule has 0 saturated heterocycles. The van der Waals surface area contributed by atoms with Gasteiger partial charge in [0.05, 0.1) is 12.7 Å². The molecule has 2 rings (SSSR count). The average Bonchev–Trinajstić information content (AvgIpc) is 2.83. The number of hydrazine groups is 1. The van der Waals surface area contributed by atoms with E-state index in [0.717, 1.165) is 6.42 Å². The maximum atomic E-state index is 14.0. The van der Waals surface area contributed by atoms with Crippen molar-refractivity contribution in [2.75, 3.05) is 0 Å². The van der Waals surface area contributed by atoms with Crippen LogP contribution in [0.25, 0.3) is 10.1 Å². The molecule has 0 aliphatic carbocycles. The summed E-state index contributed by atoms with van der Waals surface area (Å²) in [6.07, 6.45) is 0.897. The number of carbonyl (C=O) groups excluding carboxylic acids is 1. The fourth-order valence-corrected chi connectivity index (χ4v) is 3.02. The van der Waals surface area contributed by atoms with Crippen LogP contribution in [0.2, 0.25) is 0 Å². The van der Waals surface area contributed by atoms with Gasteiger partial charge in [0.15, 0.2) is 0 Å². The molecule has 0 aliphatic rings. The second kappa shape index (κ2) is 6.30. The molecule has 0 spiro atoms. The molecule has 4 nitrogen and oxygen atoms in total. The zero-order valence-electron chi connectivity index (χ0n) is 11.4. The molecule has 1 aromatic carbocycles. The number of thiophene rings is 1. The summed E-state index contributed by atoms with van der Waals surface area (Å²) in [4.78, 5) is 12.2. The predicted octanol–water partition coefficient (Wildman–Crippen LogP) is 2.96. The predicted molar refractivity (Wildman–Crippen MR) is 78.0 cm³/mol. The van der Waals surface area contributed by atoms with E-state index in [2.05, 4.69) is 5.43 Å². The first kappa shape index (κ1) is 14.9. The van der Waals surface area contributed by atoms with Gasteiger partial charge >= 0.3 is 0 Å². The molecule has 6 heteroatoms. The third-order valence-corrected chi connectivity index (χ3v) is 4.38. The van der Waals surface area contributed by atoms with Crippen LogP contribution in [0.4, 0.5) is 4.39 Å². The molecule has 0 aliphatic heterocycles. The van der Waals surface area contributed by atoms with Crippen molar-refractivity contribution >= 4 is 27.3 Å². The minimum absolute atomic E-state index is 0.0468. The van der Waals surface area contributed by atoms with Gasteiger partial charge in [-0.1, -0.05) is 13.0 Å². The molecule has 20 heavy (non-hydrogen) atoms. The number of carbonyl (C=O) groups is 1. The van der Waals surface area contributed by atoms with Crippen LogP contribution in [-0.2, 0) is 11.3 Å². The lowest BCUT2D eigenvalue weighted by Crippen LogP contribution is -2.30. The Morgan fingerprint density at radius 3 is 2.95 bits per heavy atom. The lowest BCUT2D eigenvalue weighted by Gasteiger charge is -2.11. The van der Waals surface area contributed by atoms with Crippen molar-refractivity contribution < 1.29 is 13.9 Å². The minimum Gasteiger partial charge on any atom is -0.374 e. The molecule has 3 N–H and O–H groups in total. The third-order valence-electron chi connectivity index (χ3n) is 3.19. The van der Waals surface area contributed by atoms with Crippen LogP contribution in [0.1, 0.15) is 35.5 Å². The van der Waals surface area contributed by atoms with Crippen LogP contribution in [0.3, 0.4) is 0 Å². The Morgan fingerprint density at radius 1 is 1.55 bits per heavy atom. The summed E-state index contributed by atoms with van der Waals surface area (Å²) in [6, 6.07) is 4.78. The van der Waals surface area contributed by atoms with Gasteiger partial charge in [-0.25, -0.2) is 10.2 Å². The SMILES string of the molecule is CCC(C)OCc1c(C(=O)NN)sc2cccc(F)c12. The largest absolute Gasteiger partial charge is 0.374 e. The highest BCUT2D eigenvalue weighted by molar-refractivity contribution is 7.21. The quantitative estimate of drug-likeness (QED) is 0.506. The van der Waals surface area contributed by atoms with Gasteiger partial charge in [0.2, 0.25) is 0 Å². The first-order valence-corrected chi connectivity index (χ1v) is 7.22. The highest BCUT2D eigenvalue weighted by Crippen LogP contribution is 2.34. The van der Waals surface area contributed by atoms with Crippen LogP contribution in [-0.4, -0.2) is 12.0 Å². The summed E-state index contributed by atoms with van der Waals surface area (Å²) in [5.41, 5.74) is 2.66. The number of benzene rings is 1. The minimum atomic E-state index is -0.423. The Bertz CT molecular complexity index is 627. The molecule has 1 atom stereocenters. The highest BCUT2D eigenvalue weighted by atomic mass is 32.1. The van der Waals surface area contributed by atoms with Crippen molar-refractivity contribution in [3.63, 3.8) is 0 Å². The third kappa shape index (κ3) is 2.82. The molecule has 0 fully saturated rings. The zero-order valence-corrected chi connectivity index (χ0v) is 12.2. The lowest BCUT2D eigenvalue weighted by molar-refractivity contribution is 0.0509. The Hall–Kier alpha value is -1.50. The molecule has 1 aromatic heterocycles. The van der Waals surface area contributed by atoms with Gasteiger partial charge in [0, 0.05) is 15.6 Å². The van der Waals surface area contributed by atoms with Gasteiger partial charge in [-0.15, -0.1) is 11.3 Å². The number of amides is 1. The number of ether oxygens (including phenoxy) is 1. The van der Waals surface area contributed by atoms with Crippen molar-refractivity contribution in [1.29, 1.82) is 0 Å². The molecule has 0 bridgehead atoms. The summed E-state index contributed by atoms with van der Waals surface area (Å²) in [6.45, 7) is 4.14. The number of hydrogen-bond donors (Lipinski definition) is 2. The molecule has 1 amide bonds. The van der Waals surface area contributed by atoms with E-state index in [0.29, 0.717) is 20.5 Å². The van der Waals surface area contributed by atoms with E-state index in [9.17, 15) is 9.18 Å². The number of halogens is 1. The molecule has 1 unspecified atom stereocenters. The number of nitrogens with one attached hydrogen (secondary N) is 1. The second-order valence-electron chi connectivity index (χ2n) is 4.53. The second-order valence-corrected chi connectivity index (χ2v) is 5.58.